The Morgan fingerprint density at radius 1 is 1.17 bits per heavy atom. The van der Waals surface area contributed by atoms with E-state index in [1.54, 1.807) is 11.3 Å². The van der Waals surface area contributed by atoms with Gasteiger partial charge < -0.3 is 21.5 Å². The molecule has 0 radical (unpaired) electrons. The molecule has 0 bridgehead atoms. The highest BCUT2D eigenvalue weighted by atomic mass is 32.1. The third kappa shape index (κ3) is 3.93. The molecular formula is C20H26N8OS. The molecule has 9 nitrogen and oxygen atoms in total. The maximum atomic E-state index is 9.50. The Hall–Kier alpha value is -2.82. The fraction of sp³-hybridized carbons (Fsp3) is 0.400. The van der Waals surface area contributed by atoms with Gasteiger partial charge in [-0.15, -0.1) is 11.3 Å². The number of aliphatic hydroxyl groups is 1. The molecule has 0 amide bonds. The van der Waals surface area contributed by atoms with E-state index < -0.39 is 0 Å². The fourth-order valence-corrected chi connectivity index (χ4v) is 4.44. The van der Waals surface area contributed by atoms with Crippen LogP contribution in [-0.4, -0.2) is 49.5 Å². The Morgan fingerprint density at radius 3 is 2.77 bits per heavy atom. The number of rotatable bonds is 9. The summed E-state index contributed by atoms with van der Waals surface area (Å²) in [4.78, 5) is 15.4. The summed E-state index contributed by atoms with van der Waals surface area (Å²) < 4.78 is 2.96. The SMILES string of the molecule is CCCCN(CCO)c1nc(N)nc2cn(Cc3ccc(CN)c4scnc34)nc12. The van der Waals surface area contributed by atoms with Gasteiger partial charge in [-0.3, -0.25) is 4.68 Å². The lowest BCUT2D eigenvalue weighted by molar-refractivity contribution is 0.301. The van der Waals surface area contributed by atoms with Crippen molar-refractivity contribution in [2.75, 3.05) is 30.3 Å². The first-order valence-corrected chi connectivity index (χ1v) is 10.9. The summed E-state index contributed by atoms with van der Waals surface area (Å²) in [6, 6.07) is 4.10. The number of nitrogen functional groups attached to an aromatic ring is 1. The minimum atomic E-state index is 0.0329. The molecule has 0 aliphatic carbocycles. The summed E-state index contributed by atoms with van der Waals surface area (Å²) in [7, 11) is 0. The van der Waals surface area contributed by atoms with E-state index in [0.717, 1.165) is 40.7 Å². The highest BCUT2D eigenvalue weighted by molar-refractivity contribution is 7.17. The first-order chi connectivity index (χ1) is 14.6. The van der Waals surface area contributed by atoms with Gasteiger partial charge in [-0.25, -0.2) is 9.97 Å². The summed E-state index contributed by atoms with van der Waals surface area (Å²) in [5.74, 6) is 0.863. The van der Waals surface area contributed by atoms with Crippen molar-refractivity contribution in [2.24, 2.45) is 5.73 Å². The normalized spacial score (nSPS) is 11.6. The molecule has 3 aromatic heterocycles. The standard InChI is InChI=1S/C20H26N8OS/c1-2-3-6-27(7-8-29)19-17-15(24-20(22)25-19)11-28(26-17)10-14-5-4-13(9-21)18-16(14)23-12-30-18/h4-5,11-12,29H,2-3,6-10,21H2,1H3,(H2,22,24). The summed E-state index contributed by atoms with van der Waals surface area (Å²) >= 11 is 1.60. The summed E-state index contributed by atoms with van der Waals surface area (Å²) in [6.07, 6.45) is 3.91. The molecule has 0 unspecified atom stereocenters. The molecule has 0 fully saturated rings. The maximum Gasteiger partial charge on any atom is 0.222 e. The Kier molecular flexibility index (Phi) is 6.07. The molecule has 0 spiro atoms. The number of benzene rings is 1. The van der Waals surface area contributed by atoms with Crippen molar-refractivity contribution in [1.82, 2.24) is 24.7 Å². The molecule has 0 aliphatic rings. The van der Waals surface area contributed by atoms with E-state index in [9.17, 15) is 5.11 Å². The van der Waals surface area contributed by atoms with Crippen LogP contribution in [0.25, 0.3) is 21.3 Å². The highest BCUT2D eigenvalue weighted by Gasteiger charge is 2.18. The van der Waals surface area contributed by atoms with Crippen LogP contribution in [0.3, 0.4) is 0 Å². The van der Waals surface area contributed by atoms with Gasteiger partial charge in [0.2, 0.25) is 5.95 Å². The number of nitrogens with two attached hydrogens (primary N) is 2. The van der Waals surface area contributed by atoms with E-state index in [4.69, 9.17) is 16.6 Å². The van der Waals surface area contributed by atoms with Crippen LogP contribution in [0.2, 0.25) is 0 Å². The smallest absolute Gasteiger partial charge is 0.222 e. The molecule has 0 saturated heterocycles. The van der Waals surface area contributed by atoms with Gasteiger partial charge >= 0.3 is 0 Å². The zero-order chi connectivity index (χ0) is 21.1. The monoisotopic (exact) mass is 426 g/mol. The molecule has 0 aliphatic heterocycles. The number of aromatic nitrogens is 5. The number of hydrogen-bond donors (Lipinski definition) is 3. The van der Waals surface area contributed by atoms with Crippen molar-refractivity contribution < 1.29 is 5.11 Å². The lowest BCUT2D eigenvalue weighted by Crippen LogP contribution is -2.29. The van der Waals surface area contributed by atoms with Crippen LogP contribution in [0.4, 0.5) is 11.8 Å². The lowest BCUT2D eigenvalue weighted by Gasteiger charge is -2.22. The van der Waals surface area contributed by atoms with Gasteiger partial charge in [0.15, 0.2) is 11.3 Å². The van der Waals surface area contributed by atoms with Gasteiger partial charge in [0.25, 0.3) is 0 Å². The fourth-order valence-electron chi connectivity index (χ4n) is 3.58. The zero-order valence-electron chi connectivity index (χ0n) is 17.0. The predicted molar refractivity (Wildman–Crippen MR) is 121 cm³/mol. The molecule has 1 aromatic carbocycles. The summed E-state index contributed by atoms with van der Waals surface area (Å²) in [5.41, 5.74) is 18.2. The number of unbranched alkanes of at least 4 members (excludes halogenated alkanes) is 1. The van der Waals surface area contributed by atoms with E-state index in [-0.39, 0.29) is 12.6 Å². The van der Waals surface area contributed by atoms with Crippen LogP contribution < -0.4 is 16.4 Å². The van der Waals surface area contributed by atoms with Gasteiger partial charge in [-0.1, -0.05) is 25.5 Å². The van der Waals surface area contributed by atoms with Gasteiger partial charge in [0.1, 0.15) is 5.52 Å². The van der Waals surface area contributed by atoms with Gasteiger partial charge in [-0.05, 0) is 12.0 Å². The molecule has 5 N–H and O–H groups in total. The highest BCUT2D eigenvalue weighted by Crippen LogP contribution is 2.28. The molecule has 0 saturated carbocycles. The topological polar surface area (TPSA) is 132 Å². The summed E-state index contributed by atoms with van der Waals surface area (Å²) in [6.45, 7) is 4.45. The molecule has 158 valence electrons. The number of anilines is 2. The Morgan fingerprint density at radius 2 is 2.00 bits per heavy atom. The minimum Gasteiger partial charge on any atom is -0.395 e. The predicted octanol–water partition coefficient (Wildman–Crippen LogP) is 2.12. The number of hydrogen-bond acceptors (Lipinski definition) is 9. The quantitative estimate of drug-likeness (QED) is 0.371. The Bertz CT molecular complexity index is 1150. The second kappa shape index (κ2) is 8.90. The molecule has 0 atom stereocenters. The second-order valence-electron chi connectivity index (χ2n) is 7.15. The molecular weight excluding hydrogens is 400 g/mol. The minimum absolute atomic E-state index is 0.0329. The largest absolute Gasteiger partial charge is 0.395 e. The molecule has 4 rings (SSSR count). The lowest BCUT2D eigenvalue weighted by atomic mass is 10.1. The average Bonchev–Trinajstić information content (AvgIpc) is 3.38. The Labute approximate surface area is 178 Å². The van der Waals surface area contributed by atoms with Crippen molar-refractivity contribution in [1.29, 1.82) is 0 Å². The first-order valence-electron chi connectivity index (χ1n) is 10.0. The van der Waals surface area contributed by atoms with Crippen LogP contribution in [0.5, 0.6) is 0 Å². The molecule has 4 aromatic rings. The van der Waals surface area contributed by atoms with Crippen molar-refractivity contribution >= 4 is 44.4 Å². The molecule has 30 heavy (non-hydrogen) atoms. The van der Waals surface area contributed by atoms with Crippen molar-refractivity contribution in [2.45, 2.75) is 32.9 Å². The van der Waals surface area contributed by atoms with Gasteiger partial charge in [-0.2, -0.15) is 10.1 Å². The zero-order valence-corrected chi connectivity index (χ0v) is 17.8. The van der Waals surface area contributed by atoms with Crippen LogP contribution >= 0.6 is 11.3 Å². The average molecular weight is 427 g/mol. The van der Waals surface area contributed by atoms with Crippen LogP contribution in [-0.2, 0) is 13.1 Å². The first kappa shape index (κ1) is 20.5. The van der Waals surface area contributed by atoms with E-state index in [1.165, 1.54) is 0 Å². The number of fused-ring (bicyclic) bond motifs is 2. The maximum absolute atomic E-state index is 9.50. The van der Waals surface area contributed by atoms with Crippen LogP contribution in [0.15, 0.2) is 23.8 Å². The Balaban J connectivity index is 1.73. The van der Waals surface area contributed by atoms with E-state index >= 15 is 0 Å². The van der Waals surface area contributed by atoms with E-state index in [0.29, 0.717) is 36.5 Å². The van der Waals surface area contributed by atoms with Crippen molar-refractivity contribution in [3.8, 4) is 0 Å². The van der Waals surface area contributed by atoms with Crippen molar-refractivity contribution in [3.63, 3.8) is 0 Å². The third-order valence-corrected chi connectivity index (χ3v) is 5.96. The molecule has 3 heterocycles. The van der Waals surface area contributed by atoms with Gasteiger partial charge in [0.05, 0.1) is 35.1 Å². The summed E-state index contributed by atoms with van der Waals surface area (Å²) in [5, 5.41) is 14.3. The number of nitrogens with zero attached hydrogens (tertiary/aromatic N) is 6. The van der Waals surface area contributed by atoms with Crippen LogP contribution in [0, 0.1) is 0 Å². The van der Waals surface area contributed by atoms with E-state index in [1.807, 2.05) is 21.3 Å². The third-order valence-electron chi connectivity index (χ3n) is 5.06. The number of thiazole rings is 1. The van der Waals surface area contributed by atoms with Crippen molar-refractivity contribution in [3.05, 3.63) is 35.0 Å². The second-order valence-corrected chi connectivity index (χ2v) is 8.00. The van der Waals surface area contributed by atoms with Gasteiger partial charge in [0, 0.05) is 25.2 Å². The molecule has 10 heteroatoms. The van der Waals surface area contributed by atoms with E-state index in [2.05, 4.69) is 34.0 Å². The number of aliphatic hydroxyl groups excluding tert-OH is 1. The van der Waals surface area contributed by atoms with Crippen LogP contribution in [0.1, 0.15) is 30.9 Å².